The number of hydrogen-bond acceptors (Lipinski definition) is 3. The summed E-state index contributed by atoms with van der Waals surface area (Å²) in [7, 11) is 0. The molecule has 6 heteroatoms. The van der Waals surface area contributed by atoms with E-state index in [9.17, 15) is 13.6 Å². The molecule has 3 rings (SSSR count). The Balaban J connectivity index is 1.98. The second-order valence-corrected chi connectivity index (χ2v) is 4.63. The number of hydrogen-bond donors (Lipinski definition) is 0. The van der Waals surface area contributed by atoms with Gasteiger partial charge in [-0.05, 0) is 12.1 Å². The van der Waals surface area contributed by atoms with Crippen LogP contribution in [0.4, 0.5) is 8.78 Å². The highest BCUT2D eigenvalue weighted by Crippen LogP contribution is 2.24. The lowest BCUT2D eigenvalue weighted by molar-refractivity contribution is 0.0780. The normalized spacial score (nSPS) is 23.2. The van der Waals surface area contributed by atoms with E-state index in [4.69, 9.17) is 4.42 Å². The van der Waals surface area contributed by atoms with Gasteiger partial charge in [-0.3, -0.25) is 4.79 Å². The molecule has 1 amide bonds. The number of para-hydroxylation sites is 1. The predicted octanol–water partition coefficient (Wildman–Crippen LogP) is 2.27. The van der Waals surface area contributed by atoms with E-state index < -0.39 is 18.3 Å². The standard InChI is InChI=1S/C13H12F2N2O2/c1-7-16-12-8(3-2-4-11(12)19-7)13(18)17-5-9(14)10(15)6-17/h2-4,9-10H,5-6H2,1H3/t9-,10+. The minimum Gasteiger partial charge on any atom is -0.441 e. The average molecular weight is 266 g/mol. The molecular formula is C13H12F2N2O2. The van der Waals surface area contributed by atoms with Crippen LogP contribution in [0.2, 0.25) is 0 Å². The van der Waals surface area contributed by atoms with Crippen LogP contribution in [0.5, 0.6) is 0 Å². The largest absolute Gasteiger partial charge is 0.441 e. The van der Waals surface area contributed by atoms with Crippen molar-refractivity contribution in [3.05, 3.63) is 29.7 Å². The van der Waals surface area contributed by atoms with Crippen LogP contribution in [0.25, 0.3) is 11.1 Å². The fourth-order valence-corrected chi connectivity index (χ4v) is 2.29. The number of oxazole rings is 1. The summed E-state index contributed by atoms with van der Waals surface area (Å²) < 4.78 is 31.7. The Morgan fingerprint density at radius 1 is 1.37 bits per heavy atom. The Morgan fingerprint density at radius 2 is 2.05 bits per heavy atom. The molecule has 1 aromatic carbocycles. The van der Waals surface area contributed by atoms with Crippen LogP contribution in [-0.2, 0) is 0 Å². The predicted molar refractivity (Wildman–Crippen MR) is 64.4 cm³/mol. The maximum Gasteiger partial charge on any atom is 0.256 e. The summed E-state index contributed by atoms with van der Waals surface area (Å²) in [6.07, 6.45) is -3.22. The third-order valence-corrected chi connectivity index (χ3v) is 3.23. The molecule has 0 radical (unpaired) electrons. The van der Waals surface area contributed by atoms with Crippen molar-refractivity contribution in [2.45, 2.75) is 19.3 Å². The number of amides is 1. The first-order chi connectivity index (χ1) is 9.06. The molecule has 1 fully saturated rings. The van der Waals surface area contributed by atoms with Gasteiger partial charge in [-0.1, -0.05) is 6.07 Å². The van der Waals surface area contributed by atoms with Gasteiger partial charge < -0.3 is 9.32 Å². The molecule has 0 N–H and O–H groups in total. The van der Waals surface area contributed by atoms with Crippen LogP contribution in [-0.4, -0.2) is 41.2 Å². The molecule has 0 saturated carbocycles. The Morgan fingerprint density at radius 3 is 2.74 bits per heavy atom. The number of fused-ring (bicyclic) bond motifs is 1. The van der Waals surface area contributed by atoms with Crippen molar-refractivity contribution < 1.29 is 18.0 Å². The van der Waals surface area contributed by atoms with Crippen LogP contribution < -0.4 is 0 Å². The van der Waals surface area contributed by atoms with Crippen molar-refractivity contribution in [1.82, 2.24) is 9.88 Å². The molecule has 19 heavy (non-hydrogen) atoms. The quantitative estimate of drug-likeness (QED) is 0.795. The molecule has 100 valence electrons. The van der Waals surface area contributed by atoms with Crippen molar-refractivity contribution >= 4 is 17.0 Å². The molecule has 2 heterocycles. The van der Waals surface area contributed by atoms with Crippen LogP contribution in [0.3, 0.4) is 0 Å². The van der Waals surface area contributed by atoms with Crippen molar-refractivity contribution in [3.8, 4) is 0 Å². The van der Waals surface area contributed by atoms with Gasteiger partial charge in [0, 0.05) is 6.92 Å². The lowest BCUT2D eigenvalue weighted by Gasteiger charge is -2.14. The molecule has 1 aliphatic heterocycles. The molecule has 0 bridgehead atoms. The number of halogens is 2. The molecule has 1 saturated heterocycles. The molecule has 0 aliphatic carbocycles. The van der Waals surface area contributed by atoms with E-state index in [0.717, 1.165) is 0 Å². The zero-order valence-corrected chi connectivity index (χ0v) is 10.3. The van der Waals surface area contributed by atoms with E-state index in [1.807, 2.05) is 0 Å². The van der Waals surface area contributed by atoms with Gasteiger partial charge in [0.25, 0.3) is 5.91 Å². The molecule has 4 nitrogen and oxygen atoms in total. The minimum absolute atomic E-state index is 0.215. The van der Waals surface area contributed by atoms with Crippen LogP contribution in [0, 0.1) is 6.92 Å². The SMILES string of the molecule is Cc1nc2c(C(=O)N3C[C@@H](F)[C@@H](F)C3)cccc2o1. The third kappa shape index (κ3) is 1.97. The number of nitrogens with zero attached hydrogens (tertiary/aromatic N) is 2. The summed E-state index contributed by atoms with van der Waals surface area (Å²) in [6, 6.07) is 4.95. The van der Waals surface area contributed by atoms with Gasteiger partial charge >= 0.3 is 0 Å². The maximum atomic E-state index is 13.2. The highest BCUT2D eigenvalue weighted by atomic mass is 19.2. The number of benzene rings is 1. The fourth-order valence-electron chi connectivity index (χ4n) is 2.29. The second kappa shape index (κ2) is 4.29. The Labute approximate surface area is 108 Å². The average Bonchev–Trinajstić information content (AvgIpc) is 2.90. The molecule has 2 atom stereocenters. The third-order valence-electron chi connectivity index (χ3n) is 3.23. The number of aryl methyl sites for hydroxylation is 1. The number of carbonyl (C=O) groups excluding carboxylic acids is 1. The highest BCUT2D eigenvalue weighted by molar-refractivity contribution is 6.04. The van der Waals surface area contributed by atoms with Crippen molar-refractivity contribution in [2.75, 3.05) is 13.1 Å². The fraction of sp³-hybridized carbons (Fsp3) is 0.385. The Hall–Kier alpha value is -1.98. The summed E-state index contributed by atoms with van der Waals surface area (Å²) >= 11 is 0. The highest BCUT2D eigenvalue weighted by Gasteiger charge is 2.36. The van der Waals surface area contributed by atoms with Gasteiger partial charge in [0.05, 0.1) is 18.7 Å². The smallest absolute Gasteiger partial charge is 0.256 e. The van der Waals surface area contributed by atoms with E-state index in [1.165, 1.54) is 4.90 Å². The summed E-state index contributed by atoms with van der Waals surface area (Å²) in [4.78, 5) is 17.6. The second-order valence-electron chi connectivity index (χ2n) is 4.63. The molecule has 1 aliphatic rings. The number of likely N-dealkylation sites (tertiary alicyclic amines) is 1. The van der Waals surface area contributed by atoms with Crippen LogP contribution >= 0.6 is 0 Å². The molecule has 0 spiro atoms. The van der Waals surface area contributed by atoms with Crippen molar-refractivity contribution in [3.63, 3.8) is 0 Å². The summed E-state index contributed by atoms with van der Waals surface area (Å²) in [5.74, 6) is 0.0325. The zero-order valence-electron chi connectivity index (χ0n) is 10.3. The topological polar surface area (TPSA) is 46.3 Å². The zero-order chi connectivity index (χ0) is 13.6. The Bertz CT molecular complexity index is 631. The van der Waals surface area contributed by atoms with Crippen molar-refractivity contribution in [1.29, 1.82) is 0 Å². The van der Waals surface area contributed by atoms with Gasteiger partial charge in [-0.25, -0.2) is 13.8 Å². The first-order valence-corrected chi connectivity index (χ1v) is 6.00. The van der Waals surface area contributed by atoms with E-state index in [2.05, 4.69) is 4.98 Å². The van der Waals surface area contributed by atoms with Crippen LogP contribution in [0.1, 0.15) is 16.2 Å². The molecule has 2 aromatic rings. The van der Waals surface area contributed by atoms with Gasteiger partial charge in [0.1, 0.15) is 5.52 Å². The summed E-state index contributed by atoms with van der Waals surface area (Å²) in [6.45, 7) is 1.25. The lowest BCUT2D eigenvalue weighted by Crippen LogP contribution is -2.29. The van der Waals surface area contributed by atoms with Crippen LogP contribution in [0.15, 0.2) is 22.6 Å². The first-order valence-electron chi connectivity index (χ1n) is 6.00. The number of rotatable bonds is 1. The maximum absolute atomic E-state index is 13.2. The van der Waals surface area contributed by atoms with E-state index in [-0.39, 0.29) is 13.1 Å². The molecular weight excluding hydrogens is 254 g/mol. The number of carbonyl (C=O) groups is 1. The summed E-state index contributed by atoms with van der Waals surface area (Å²) in [5, 5.41) is 0. The first kappa shape index (κ1) is 12.1. The number of aromatic nitrogens is 1. The Kier molecular flexibility index (Phi) is 2.73. The summed E-state index contributed by atoms with van der Waals surface area (Å²) in [5.41, 5.74) is 1.24. The van der Waals surface area contributed by atoms with Gasteiger partial charge in [0.2, 0.25) is 0 Å². The number of alkyl halides is 2. The van der Waals surface area contributed by atoms with E-state index >= 15 is 0 Å². The monoisotopic (exact) mass is 266 g/mol. The van der Waals surface area contributed by atoms with Gasteiger partial charge in [-0.2, -0.15) is 0 Å². The van der Waals surface area contributed by atoms with E-state index in [0.29, 0.717) is 22.6 Å². The molecule has 0 unspecified atom stereocenters. The van der Waals surface area contributed by atoms with Gasteiger partial charge in [-0.15, -0.1) is 0 Å². The van der Waals surface area contributed by atoms with Gasteiger partial charge in [0.15, 0.2) is 23.8 Å². The van der Waals surface area contributed by atoms with E-state index in [1.54, 1.807) is 25.1 Å². The lowest BCUT2D eigenvalue weighted by atomic mass is 10.1. The molecule has 1 aromatic heterocycles. The van der Waals surface area contributed by atoms with Crippen molar-refractivity contribution in [2.24, 2.45) is 0 Å². The minimum atomic E-state index is -1.61.